The molecule has 0 saturated carbocycles. The molecule has 0 spiro atoms. The van der Waals surface area contributed by atoms with Crippen LogP contribution in [0.4, 0.5) is 0 Å². The number of carboxylic acid groups (broad SMARTS) is 1. The lowest BCUT2D eigenvalue weighted by molar-refractivity contribution is -0.337. The Morgan fingerprint density at radius 2 is 1.85 bits per heavy atom. The first-order valence-electron chi connectivity index (χ1n) is 10.4. The van der Waals surface area contributed by atoms with Crippen LogP contribution in [0, 0.1) is 0 Å². The number of benzene rings is 2. The zero-order valence-electron chi connectivity index (χ0n) is 17.8. The van der Waals surface area contributed by atoms with E-state index in [9.17, 15) is 14.7 Å². The maximum atomic E-state index is 12.0. The Labute approximate surface area is 195 Å². The minimum Gasteiger partial charge on any atom is -0.480 e. The molecule has 0 bridgehead atoms. The average Bonchev–Trinajstić information content (AvgIpc) is 2.80. The van der Waals surface area contributed by atoms with Crippen LogP contribution in [0.1, 0.15) is 18.8 Å². The fraction of sp³-hybridized carbons (Fsp3) is 0.391. The largest absolute Gasteiger partial charge is 0.480 e. The van der Waals surface area contributed by atoms with Crippen molar-refractivity contribution in [1.82, 2.24) is 5.32 Å². The van der Waals surface area contributed by atoms with Crippen LogP contribution in [0.25, 0.3) is 0 Å². The second-order valence-corrected chi connectivity index (χ2v) is 8.12. The molecule has 9 nitrogen and oxygen atoms in total. The molecule has 176 valence electrons. The van der Waals surface area contributed by atoms with E-state index in [-0.39, 0.29) is 12.5 Å². The molecule has 6 unspecified atom stereocenters. The number of halogens is 1. The number of amides is 1. The van der Waals surface area contributed by atoms with Gasteiger partial charge in [-0.25, -0.2) is 4.79 Å². The highest BCUT2D eigenvalue weighted by molar-refractivity contribution is 6.30. The SMILES string of the molecule is CC(=O)NC1C(Oc2ccc(Cl)cc2)OC2COC(c3ccccc3)OC2C1OCC(=O)O. The molecule has 2 aliphatic heterocycles. The standard InChI is InChI=1S/C23H24ClNO8/c1-13(26)25-19-21(29-12-18(27)28)20-17(11-30-22(33-20)14-5-3-2-4-6-14)32-23(19)31-16-9-7-15(24)8-10-16/h2-10,17,19-23H,11-12H2,1H3,(H,25,26)(H,27,28). The molecule has 0 radical (unpaired) electrons. The molecule has 1 amide bonds. The third kappa shape index (κ3) is 5.82. The summed E-state index contributed by atoms with van der Waals surface area (Å²) in [6, 6.07) is 15.1. The summed E-state index contributed by atoms with van der Waals surface area (Å²) in [5.74, 6) is -1.06. The van der Waals surface area contributed by atoms with Gasteiger partial charge in [-0.05, 0) is 24.3 Å². The quantitative estimate of drug-likeness (QED) is 0.625. The highest BCUT2D eigenvalue weighted by atomic mass is 35.5. The highest BCUT2D eigenvalue weighted by Gasteiger charge is 2.52. The van der Waals surface area contributed by atoms with Crippen LogP contribution in [0.2, 0.25) is 5.02 Å². The second-order valence-electron chi connectivity index (χ2n) is 7.69. The first kappa shape index (κ1) is 23.5. The van der Waals surface area contributed by atoms with Gasteiger partial charge in [0, 0.05) is 17.5 Å². The summed E-state index contributed by atoms with van der Waals surface area (Å²) < 4.78 is 29.8. The molecule has 2 saturated heterocycles. The van der Waals surface area contributed by atoms with Crippen molar-refractivity contribution in [1.29, 1.82) is 0 Å². The van der Waals surface area contributed by atoms with Gasteiger partial charge in [-0.1, -0.05) is 41.9 Å². The van der Waals surface area contributed by atoms with Gasteiger partial charge in [0.05, 0.1) is 6.61 Å². The summed E-state index contributed by atoms with van der Waals surface area (Å²) in [6.07, 6.45) is -3.90. The molecule has 2 aromatic carbocycles. The van der Waals surface area contributed by atoms with E-state index in [2.05, 4.69) is 5.32 Å². The van der Waals surface area contributed by atoms with Crippen LogP contribution in [0.15, 0.2) is 54.6 Å². The monoisotopic (exact) mass is 477 g/mol. The van der Waals surface area contributed by atoms with Gasteiger partial charge >= 0.3 is 5.97 Å². The molecular formula is C23H24ClNO8. The molecule has 2 heterocycles. The maximum absolute atomic E-state index is 12.0. The van der Waals surface area contributed by atoms with Crippen LogP contribution in [0.3, 0.4) is 0 Å². The highest BCUT2D eigenvalue weighted by Crippen LogP contribution is 2.36. The van der Waals surface area contributed by atoms with Gasteiger partial charge in [0.2, 0.25) is 12.2 Å². The molecular weight excluding hydrogens is 454 g/mol. The fourth-order valence-corrected chi connectivity index (χ4v) is 3.98. The molecule has 2 N–H and O–H groups in total. The van der Waals surface area contributed by atoms with Crippen LogP contribution < -0.4 is 10.1 Å². The fourth-order valence-electron chi connectivity index (χ4n) is 3.85. The number of nitrogens with one attached hydrogen (secondary N) is 1. The molecule has 2 aromatic rings. The van der Waals surface area contributed by atoms with Gasteiger partial charge in [-0.3, -0.25) is 4.79 Å². The van der Waals surface area contributed by atoms with E-state index in [1.54, 1.807) is 24.3 Å². The normalized spacial score (nSPS) is 29.0. The summed E-state index contributed by atoms with van der Waals surface area (Å²) in [4.78, 5) is 23.3. The Morgan fingerprint density at radius 3 is 2.52 bits per heavy atom. The maximum Gasteiger partial charge on any atom is 0.329 e. The van der Waals surface area contributed by atoms with E-state index < -0.39 is 49.5 Å². The number of rotatable bonds is 7. The summed E-state index contributed by atoms with van der Waals surface area (Å²) in [7, 11) is 0. The number of hydrogen-bond acceptors (Lipinski definition) is 7. The van der Waals surface area contributed by atoms with Gasteiger partial charge < -0.3 is 34.1 Å². The second kappa shape index (κ2) is 10.5. The van der Waals surface area contributed by atoms with Gasteiger partial charge in [0.25, 0.3) is 0 Å². The number of fused-ring (bicyclic) bond motifs is 1. The predicted octanol–water partition coefficient (Wildman–Crippen LogP) is 2.53. The van der Waals surface area contributed by atoms with Gasteiger partial charge in [-0.2, -0.15) is 0 Å². The van der Waals surface area contributed by atoms with Crippen molar-refractivity contribution in [3.63, 3.8) is 0 Å². The van der Waals surface area contributed by atoms with Crippen LogP contribution in [-0.4, -0.2) is 60.8 Å². The van der Waals surface area contributed by atoms with Crippen molar-refractivity contribution >= 4 is 23.5 Å². The third-order valence-corrected chi connectivity index (χ3v) is 5.50. The van der Waals surface area contributed by atoms with Crippen LogP contribution >= 0.6 is 11.6 Å². The molecule has 2 fully saturated rings. The molecule has 33 heavy (non-hydrogen) atoms. The summed E-state index contributed by atoms with van der Waals surface area (Å²) >= 11 is 5.95. The van der Waals surface area contributed by atoms with Crippen molar-refractivity contribution in [3.05, 3.63) is 65.2 Å². The Bertz CT molecular complexity index is 957. The van der Waals surface area contributed by atoms with Gasteiger partial charge in [0.1, 0.15) is 36.7 Å². The first-order valence-corrected chi connectivity index (χ1v) is 10.8. The summed E-state index contributed by atoms with van der Waals surface area (Å²) in [6.45, 7) is 0.916. The van der Waals surface area contributed by atoms with Crippen molar-refractivity contribution in [2.75, 3.05) is 13.2 Å². The number of aliphatic carboxylic acids is 1. The zero-order chi connectivity index (χ0) is 23.4. The molecule has 0 aromatic heterocycles. The van der Waals surface area contributed by atoms with Crippen LogP contribution in [0.5, 0.6) is 5.75 Å². The van der Waals surface area contributed by atoms with Crippen molar-refractivity contribution in [3.8, 4) is 5.75 Å². The van der Waals surface area contributed by atoms with Gasteiger partial charge in [0.15, 0.2) is 6.29 Å². The number of carbonyl (C=O) groups excluding carboxylic acids is 1. The zero-order valence-corrected chi connectivity index (χ0v) is 18.5. The van der Waals surface area contributed by atoms with Crippen molar-refractivity contribution in [2.24, 2.45) is 0 Å². The first-order chi connectivity index (χ1) is 15.9. The number of hydrogen-bond donors (Lipinski definition) is 2. The number of carbonyl (C=O) groups is 2. The molecule has 6 atom stereocenters. The van der Waals surface area contributed by atoms with E-state index in [0.717, 1.165) is 5.56 Å². The molecule has 2 aliphatic rings. The molecule has 10 heteroatoms. The number of ether oxygens (including phenoxy) is 5. The van der Waals surface area contributed by atoms with E-state index in [1.165, 1.54) is 6.92 Å². The lowest BCUT2D eigenvalue weighted by Gasteiger charge is -2.49. The van der Waals surface area contributed by atoms with Gasteiger partial charge in [-0.15, -0.1) is 0 Å². The third-order valence-electron chi connectivity index (χ3n) is 5.25. The van der Waals surface area contributed by atoms with E-state index in [1.807, 2.05) is 30.3 Å². The van der Waals surface area contributed by atoms with Crippen molar-refractivity contribution < 1.29 is 38.4 Å². The van der Waals surface area contributed by atoms with E-state index >= 15 is 0 Å². The lowest BCUT2D eigenvalue weighted by atomic mass is 9.95. The molecule has 4 rings (SSSR count). The average molecular weight is 478 g/mol. The topological polar surface area (TPSA) is 113 Å². The Balaban J connectivity index is 1.61. The van der Waals surface area contributed by atoms with Crippen LogP contribution in [-0.2, 0) is 28.5 Å². The van der Waals surface area contributed by atoms with E-state index in [4.69, 9.17) is 35.3 Å². The minimum atomic E-state index is -1.15. The summed E-state index contributed by atoms with van der Waals surface area (Å²) in [5.41, 5.74) is 0.795. The van der Waals surface area contributed by atoms with Crippen molar-refractivity contribution in [2.45, 2.75) is 43.9 Å². The Hall–Kier alpha value is -2.69. The predicted molar refractivity (Wildman–Crippen MR) is 116 cm³/mol. The smallest absolute Gasteiger partial charge is 0.329 e. The Morgan fingerprint density at radius 1 is 1.12 bits per heavy atom. The minimum absolute atomic E-state index is 0.157. The summed E-state index contributed by atoms with van der Waals surface area (Å²) in [5, 5.41) is 12.5. The number of carboxylic acids is 1. The molecule has 0 aliphatic carbocycles. The lowest BCUT2D eigenvalue weighted by Crippen LogP contribution is -2.68. The van der Waals surface area contributed by atoms with E-state index in [0.29, 0.717) is 10.8 Å². The Kier molecular flexibility index (Phi) is 7.46.